The van der Waals surface area contributed by atoms with Gasteiger partial charge in [-0.15, -0.1) is 11.3 Å². The highest BCUT2D eigenvalue weighted by Crippen LogP contribution is 2.31. The smallest absolute Gasteiger partial charge is 0.378 e. The van der Waals surface area contributed by atoms with Crippen LogP contribution in [0.15, 0.2) is 10.9 Å². The molecule has 0 bridgehead atoms. The average Bonchev–Trinajstić information content (AvgIpc) is 2.34. The number of hydrogen-bond acceptors (Lipinski definition) is 3. The molecule has 0 aromatic carbocycles. The first-order chi connectivity index (χ1) is 5.02. The van der Waals surface area contributed by atoms with Crippen molar-refractivity contribution in [2.75, 3.05) is 0 Å². The topological polar surface area (TPSA) is 33.1 Å². The van der Waals surface area contributed by atoms with Crippen molar-refractivity contribution < 1.29 is 18.3 Å². The van der Waals surface area contributed by atoms with Gasteiger partial charge >= 0.3 is 6.18 Å². The monoisotopic (exact) mass is 183 g/mol. The molecule has 0 aliphatic carbocycles. The number of aliphatic hydroxyl groups is 1. The van der Waals surface area contributed by atoms with Gasteiger partial charge in [0, 0.05) is 5.38 Å². The normalized spacial score (nSPS) is 14.9. The fraction of sp³-hybridized carbons (Fsp3) is 0.400. The Labute approximate surface area is 64.3 Å². The molecule has 0 saturated carbocycles. The lowest BCUT2D eigenvalue weighted by Crippen LogP contribution is -2.20. The van der Waals surface area contributed by atoms with Gasteiger partial charge in [-0.3, -0.25) is 0 Å². The molecule has 2 nitrogen and oxygen atoms in total. The summed E-state index contributed by atoms with van der Waals surface area (Å²) in [7, 11) is 0. The largest absolute Gasteiger partial charge is 0.420 e. The summed E-state index contributed by atoms with van der Waals surface area (Å²) < 4.78 is 35.2. The Hall–Kier alpha value is -0.620. The van der Waals surface area contributed by atoms with Crippen LogP contribution < -0.4 is 0 Å². The van der Waals surface area contributed by atoms with Crippen molar-refractivity contribution in [3.63, 3.8) is 0 Å². The number of nitrogens with zero attached hydrogens (tertiary/aromatic N) is 1. The van der Waals surface area contributed by atoms with Gasteiger partial charge in [0.05, 0.1) is 11.2 Å². The Morgan fingerprint density at radius 2 is 2.18 bits per heavy atom. The summed E-state index contributed by atoms with van der Waals surface area (Å²) in [4.78, 5) is 3.33. The zero-order valence-electron chi connectivity index (χ0n) is 5.17. The Morgan fingerprint density at radius 1 is 1.55 bits per heavy atom. The maximum atomic E-state index is 11.7. The summed E-state index contributed by atoms with van der Waals surface area (Å²) in [6.45, 7) is 0. The van der Waals surface area contributed by atoms with Gasteiger partial charge in [-0.25, -0.2) is 4.98 Å². The second-order valence-corrected chi connectivity index (χ2v) is 2.58. The van der Waals surface area contributed by atoms with E-state index in [4.69, 9.17) is 5.11 Å². The van der Waals surface area contributed by atoms with E-state index < -0.39 is 12.3 Å². The van der Waals surface area contributed by atoms with Crippen molar-refractivity contribution in [3.05, 3.63) is 16.6 Å². The van der Waals surface area contributed by atoms with Crippen LogP contribution in [0.25, 0.3) is 0 Å². The van der Waals surface area contributed by atoms with E-state index in [0.717, 1.165) is 16.7 Å². The molecule has 0 aliphatic heterocycles. The van der Waals surface area contributed by atoms with E-state index in [1.54, 1.807) is 0 Å². The van der Waals surface area contributed by atoms with Crippen molar-refractivity contribution in [1.82, 2.24) is 4.98 Å². The van der Waals surface area contributed by atoms with Crippen LogP contribution in [-0.4, -0.2) is 16.3 Å². The lowest BCUT2D eigenvalue weighted by atomic mass is 10.3. The van der Waals surface area contributed by atoms with Gasteiger partial charge in [0.2, 0.25) is 0 Å². The number of aromatic nitrogens is 1. The molecule has 1 unspecified atom stereocenters. The minimum atomic E-state index is -4.62. The Morgan fingerprint density at radius 3 is 2.55 bits per heavy atom. The lowest BCUT2D eigenvalue weighted by molar-refractivity contribution is -0.207. The average molecular weight is 183 g/mol. The van der Waals surface area contributed by atoms with Gasteiger partial charge in [0.25, 0.3) is 0 Å². The molecule has 0 radical (unpaired) electrons. The molecule has 1 aromatic heterocycles. The van der Waals surface area contributed by atoms with Gasteiger partial charge < -0.3 is 5.11 Å². The minimum absolute atomic E-state index is 0.345. The third kappa shape index (κ3) is 1.90. The minimum Gasteiger partial charge on any atom is -0.378 e. The van der Waals surface area contributed by atoms with Gasteiger partial charge in [0.15, 0.2) is 6.10 Å². The molecular weight excluding hydrogens is 179 g/mol. The number of alkyl halides is 3. The first-order valence-corrected chi connectivity index (χ1v) is 3.59. The van der Waals surface area contributed by atoms with Crippen LogP contribution in [0.1, 0.15) is 11.8 Å². The van der Waals surface area contributed by atoms with Crippen LogP contribution in [0.3, 0.4) is 0 Å². The highest BCUT2D eigenvalue weighted by atomic mass is 32.1. The molecule has 1 aromatic rings. The standard InChI is InChI=1S/C5H4F3NOS/c6-5(7,8)4(10)3-1-11-2-9-3/h1-2,4,10H. The maximum absolute atomic E-state index is 11.7. The first kappa shape index (κ1) is 8.48. The summed E-state index contributed by atoms with van der Waals surface area (Å²) in [6.07, 6.45) is -7.07. The highest BCUT2D eigenvalue weighted by molar-refractivity contribution is 7.07. The summed E-state index contributed by atoms with van der Waals surface area (Å²) in [6, 6.07) is 0. The van der Waals surface area contributed by atoms with Gasteiger partial charge in [-0.2, -0.15) is 13.2 Å². The molecule has 1 atom stereocenters. The van der Waals surface area contributed by atoms with Crippen LogP contribution in [-0.2, 0) is 0 Å². The summed E-state index contributed by atoms with van der Waals surface area (Å²) >= 11 is 1.01. The second kappa shape index (κ2) is 2.78. The zero-order chi connectivity index (χ0) is 8.48. The fourth-order valence-corrected chi connectivity index (χ4v) is 1.10. The van der Waals surface area contributed by atoms with Crippen LogP contribution in [0.2, 0.25) is 0 Å². The molecule has 0 amide bonds. The molecule has 62 valence electrons. The van der Waals surface area contributed by atoms with Gasteiger partial charge in [0.1, 0.15) is 0 Å². The van der Waals surface area contributed by atoms with Crippen molar-refractivity contribution >= 4 is 11.3 Å². The van der Waals surface area contributed by atoms with Crippen molar-refractivity contribution in [3.8, 4) is 0 Å². The van der Waals surface area contributed by atoms with Crippen LogP contribution in [0.4, 0.5) is 13.2 Å². The molecular formula is C5H4F3NOS. The summed E-state index contributed by atoms with van der Waals surface area (Å²) in [5.41, 5.74) is 0.895. The van der Waals surface area contributed by atoms with Crippen molar-refractivity contribution in [2.24, 2.45) is 0 Å². The van der Waals surface area contributed by atoms with Crippen molar-refractivity contribution in [1.29, 1.82) is 0 Å². The molecule has 0 aliphatic rings. The van der Waals surface area contributed by atoms with E-state index in [9.17, 15) is 13.2 Å². The van der Waals surface area contributed by atoms with Crippen molar-refractivity contribution in [2.45, 2.75) is 12.3 Å². The van der Waals surface area contributed by atoms with E-state index in [1.807, 2.05) is 0 Å². The molecule has 0 saturated heterocycles. The van der Waals surface area contributed by atoms with Crippen LogP contribution >= 0.6 is 11.3 Å². The molecule has 11 heavy (non-hydrogen) atoms. The Bertz CT molecular complexity index is 220. The third-order valence-electron chi connectivity index (χ3n) is 1.04. The quantitative estimate of drug-likeness (QED) is 0.719. The first-order valence-electron chi connectivity index (χ1n) is 2.64. The van der Waals surface area contributed by atoms with E-state index in [-0.39, 0.29) is 5.69 Å². The predicted octanol–water partition coefficient (Wildman–Crippen LogP) is 1.74. The molecule has 0 spiro atoms. The molecule has 1 rings (SSSR count). The molecule has 1 heterocycles. The maximum Gasteiger partial charge on any atom is 0.420 e. The predicted molar refractivity (Wildman–Crippen MR) is 33.1 cm³/mol. The Balaban J connectivity index is 2.78. The highest BCUT2D eigenvalue weighted by Gasteiger charge is 2.40. The van der Waals surface area contributed by atoms with Gasteiger partial charge in [-0.1, -0.05) is 0 Å². The zero-order valence-corrected chi connectivity index (χ0v) is 5.99. The van der Waals surface area contributed by atoms with E-state index >= 15 is 0 Å². The number of rotatable bonds is 1. The van der Waals surface area contributed by atoms with Crippen LogP contribution in [0.5, 0.6) is 0 Å². The van der Waals surface area contributed by atoms with E-state index in [1.165, 1.54) is 5.51 Å². The summed E-state index contributed by atoms with van der Waals surface area (Å²) in [5, 5.41) is 9.73. The lowest BCUT2D eigenvalue weighted by Gasteiger charge is -2.10. The fourth-order valence-electron chi connectivity index (χ4n) is 0.525. The SMILES string of the molecule is OC(c1cscn1)C(F)(F)F. The van der Waals surface area contributed by atoms with E-state index in [2.05, 4.69) is 4.98 Å². The van der Waals surface area contributed by atoms with Gasteiger partial charge in [-0.05, 0) is 0 Å². The number of hydrogen-bond donors (Lipinski definition) is 1. The molecule has 0 fully saturated rings. The number of thiazole rings is 1. The Kier molecular flexibility index (Phi) is 2.15. The second-order valence-electron chi connectivity index (χ2n) is 1.86. The number of aliphatic hydroxyl groups excluding tert-OH is 1. The van der Waals surface area contributed by atoms with Crippen LogP contribution in [0, 0.1) is 0 Å². The molecule has 6 heteroatoms. The summed E-state index contributed by atoms with van der Waals surface area (Å²) in [5.74, 6) is 0. The number of halogens is 3. The van der Waals surface area contributed by atoms with E-state index in [0.29, 0.717) is 0 Å². The molecule has 1 N–H and O–H groups in total. The third-order valence-corrected chi connectivity index (χ3v) is 1.65.